The average Bonchev–Trinajstić information content (AvgIpc) is 2.05. The first-order valence-electron chi connectivity index (χ1n) is 3.60. The van der Waals surface area contributed by atoms with Crippen molar-refractivity contribution in [1.82, 2.24) is 0 Å². The van der Waals surface area contributed by atoms with Gasteiger partial charge in [0.15, 0.2) is 0 Å². The van der Waals surface area contributed by atoms with Crippen LogP contribution in [0.3, 0.4) is 0 Å². The summed E-state index contributed by atoms with van der Waals surface area (Å²) in [6.07, 6.45) is -2.76. The first kappa shape index (κ1) is 10.1. The van der Waals surface area contributed by atoms with Gasteiger partial charge in [0.25, 0.3) is 0 Å². The van der Waals surface area contributed by atoms with Gasteiger partial charge in [0.05, 0.1) is 0 Å². The van der Waals surface area contributed by atoms with Crippen LogP contribution in [-0.4, -0.2) is 12.0 Å². The van der Waals surface area contributed by atoms with Gasteiger partial charge in [0, 0.05) is 0 Å². The van der Waals surface area contributed by atoms with Gasteiger partial charge in [-0.15, -0.1) is 0 Å². The summed E-state index contributed by atoms with van der Waals surface area (Å²) in [5.41, 5.74) is 1.17. The van der Waals surface area contributed by atoms with E-state index in [0.29, 0.717) is 0 Å². The third-order valence-electron chi connectivity index (χ3n) is 1.68. The van der Waals surface area contributed by atoms with Gasteiger partial charge in [0.2, 0.25) is 0 Å². The molecular weight excluding hydrogens is 239 g/mol. The van der Waals surface area contributed by atoms with E-state index in [1.54, 1.807) is 0 Å². The molecule has 0 aliphatic carbocycles. The van der Waals surface area contributed by atoms with Crippen LogP contribution in [0.2, 0.25) is 0 Å². The summed E-state index contributed by atoms with van der Waals surface area (Å²) in [4.78, 5) is 9.72. The Kier molecular flexibility index (Phi) is 3.24. The minimum absolute atomic E-state index is 0.829. The number of benzene rings is 1. The summed E-state index contributed by atoms with van der Waals surface area (Å²) >= 11 is 3.19. The molecule has 1 aromatic rings. The Labute approximate surface area is 80.8 Å². The summed E-state index contributed by atoms with van der Waals surface area (Å²) in [5.74, 6) is 0. The average molecular weight is 251 g/mol. The molecule has 0 aliphatic heterocycles. The monoisotopic (exact) mass is 250 g/mol. The molecule has 0 radical (unpaired) electrons. The Bertz CT molecular complexity index is 258. The molecule has 0 aliphatic rings. The minimum atomic E-state index is -2.76. The van der Waals surface area contributed by atoms with Gasteiger partial charge in [-0.2, -0.15) is 0 Å². The van der Waals surface area contributed by atoms with Crippen LogP contribution in [0, 0.1) is 6.92 Å². The quantitative estimate of drug-likeness (QED) is 0.816. The maximum absolute atomic E-state index is 9.72. The van der Waals surface area contributed by atoms with Crippen molar-refractivity contribution in [3.05, 3.63) is 29.8 Å². The van der Waals surface area contributed by atoms with Gasteiger partial charge < -0.3 is 0 Å². The zero-order valence-electron chi connectivity index (χ0n) is 7.04. The maximum atomic E-state index is 9.72. The zero-order valence-corrected chi connectivity index (χ0v) is 9.63. The number of hydrogen-bond acceptors (Lipinski definition) is 2. The first-order valence-corrected chi connectivity index (χ1v) is 7.71. The predicted molar refractivity (Wildman–Crippen MR) is 57.3 cm³/mol. The van der Waals surface area contributed by atoms with Gasteiger partial charge in [-0.1, -0.05) is 0 Å². The van der Waals surface area contributed by atoms with E-state index >= 15 is 0 Å². The Hall–Kier alpha value is 0.0500. The number of halogens is 1. The molecule has 12 heavy (non-hydrogen) atoms. The van der Waals surface area contributed by atoms with Crippen molar-refractivity contribution < 1.29 is 9.42 Å². The van der Waals surface area contributed by atoms with Crippen molar-refractivity contribution in [2.45, 2.75) is 6.92 Å². The third kappa shape index (κ3) is 2.27. The van der Waals surface area contributed by atoms with Crippen LogP contribution >= 0.6 is 21.9 Å². The Morgan fingerprint density at radius 2 is 1.83 bits per heavy atom. The summed E-state index contributed by atoms with van der Waals surface area (Å²) in [7, 11) is 1.50. The van der Waals surface area contributed by atoms with Gasteiger partial charge in [-0.25, -0.2) is 0 Å². The Morgan fingerprint density at radius 1 is 1.33 bits per heavy atom. The molecule has 0 spiro atoms. The van der Waals surface area contributed by atoms with E-state index in [9.17, 15) is 4.89 Å². The van der Waals surface area contributed by atoms with Crippen LogP contribution < -0.4 is 5.30 Å². The fourth-order valence-electron chi connectivity index (χ4n) is 0.877. The van der Waals surface area contributed by atoms with Crippen LogP contribution in [0.1, 0.15) is 5.56 Å². The molecule has 0 saturated carbocycles. The molecule has 0 amide bonds. The van der Waals surface area contributed by atoms with Crippen molar-refractivity contribution in [2.75, 3.05) is 7.11 Å². The Balaban J connectivity index is 2.96. The summed E-state index contributed by atoms with van der Waals surface area (Å²) in [6.45, 7) is 2.01. The first-order chi connectivity index (χ1) is 5.56. The normalized spacial score (nSPS) is 13.0. The molecule has 0 unspecified atom stereocenters. The number of rotatable bonds is 2. The molecule has 68 valence electrons. The van der Waals surface area contributed by atoms with Crippen molar-refractivity contribution in [3.63, 3.8) is 0 Å². The van der Waals surface area contributed by atoms with Crippen LogP contribution in [-0.2, 0) is 4.52 Å². The molecule has 0 fully saturated rings. The van der Waals surface area contributed by atoms with Crippen molar-refractivity contribution >= 4 is 27.2 Å². The van der Waals surface area contributed by atoms with Crippen molar-refractivity contribution in [2.24, 2.45) is 0 Å². The molecular formula is C8H12BrO2P. The van der Waals surface area contributed by atoms with Crippen LogP contribution in [0.4, 0.5) is 0 Å². The third-order valence-corrected chi connectivity index (χ3v) is 5.61. The Morgan fingerprint density at radius 3 is 2.25 bits per heavy atom. The van der Waals surface area contributed by atoms with E-state index in [1.165, 1.54) is 12.7 Å². The van der Waals surface area contributed by atoms with Crippen molar-refractivity contribution in [3.8, 4) is 0 Å². The second-order valence-corrected chi connectivity index (χ2v) is 7.96. The molecule has 0 heterocycles. The van der Waals surface area contributed by atoms with Crippen LogP contribution in [0.25, 0.3) is 0 Å². The molecule has 0 atom stereocenters. The molecule has 1 rings (SSSR count). The van der Waals surface area contributed by atoms with Gasteiger partial charge in [0.1, 0.15) is 0 Å². The number of aryl methyl sites for hydroxylation is 1. The molecule has 0 saturated heterocycles. The predicted octanol–water partition coefficient (Wildman–Crippen LogP) is 2.15. The second kappa shape index (κ2) is 3.84. The van der Waals surface area contributed by atoms with E-state index in [4.69, 9.17) is 4.52 Å². The number of hydrogen-bond donors (Lipinski definition) is 1. The van der Waals surface area contributed by atoms with Crippen molar-refractivity contribution in [1.29, 1.82) is 0 Å². The second-order valence-electron chi connectivity index (χ2n) is 2.63. The molecule has 1 aromatic carbocycles. The van der Waals surface area contributed by atoms with E-state index in [1.807, 2.05) is 31.2 Å². The standard InChI is InChI=1S/C8H12BrO2P/c1-7-3-5-8(6-4-7)12(9,10)11-2/h3-6,10,12H,1-2H3. The van der Waals surface area contributed by atoms with E-state index < -0.39 is 6.42 Å². The van der Waals surface area contributed by atoms with Gasteiger partial charge in [-0.05, 0) is 0 Å². The fourth-order valence-corrected chi connectivity index (χ4v) is 2.48. The van der Waals surface area contributed by atoms with E-state index in [-0.39, 0.29) is 0 Å². The summed E-state index contributed by atoms with van der Waals surface area (Å²) < 4.78 is 4.97. The van der Waals surface area contributed by atoms with Crippen LogP contribution in [0.5, 0.6) is 0 Å². The molecule has 4 heteroatoms. The SMILES string of the molecule is CO[PH](O)(Br)c1ccc(C)cc1. The molecule has 2 nitrogen and oxygen atoms in total. The van der Waals surface area contributed by atoms with E-state index in [2.05, 4.69) is 15.5 Å². The van der Waals surface area contributed by atoms with Gasteiger partial charge in [-0.3, -0.25) is 0 Å². The summed E-state index contributed by atoms with van der Waals surface area (Å²) in [6, 6.07) is 7.65. The zero-order chi connectivity index (χ0) is 9.19. The molecule has 0 bridgehead atoms. The summed E-state index contributed by atoms with van der Waals surface area (Å²) in [5, 5.41) is 0.829. The topological polar surface area (TPSA) is 29.5 Å². The fraction of sp³-hybridized carbons (Fsp3) is 0.250. The molecule has 0 aromatic heterocycles. The van der Waals surface area contributed by atoms with E-state index in [0.717, 1.165) is 5.30 Å². The molecule has 1 N–H and O–H groups in total. The van der Waals surface area contributed by atoms with Gasteiger partial charge >= 0.3 is 80.5 Å². The van der Waals surface area contributed by atoms with Crippen LogP contribution in [0.15, 0.2) is 24.3 Å².